The summed E-state index contributed by atoms with van der Waals surface area (Å²) < 4.78 is 38.3. The minimum absolute atomic E-state index is 0.0513. The molecule has 1 heterocycles. The molecule has 0 bridgehead atoms. The van der Waals surface area contributed by atoms with Crippen LogP contribution in [0.25, 0.3) is 0 Å². The first-order valence-corrected chi connectivity index (χ1v) is 6.55. The van der Waals surface area contributed by atoms with Crippen molar-refractivity contribution >= 4 is 5.69 Å². The number of halogens is 3. The van der Waals surface area contributed by atoms with E-state index in [0.717, 1.165) is 18.4 Å². The van der Waals surface area contributed by atoms with Gasteiger partial charge in [0.05, 0.1) is 5.56 Å². The molecule has 0 fully saturated rings. The van der Waals surface area contributed by atoms with Gasteiger partial charge in [-0.1, -0.05) is 6.07 Å². The molecule has 1 aliphatic heterocycles. The number of alkyl halides is 3. The van der Waals surface area contributed by atoms with Gasteiger partial charge in [0.1, 0.15) is 0 Å². The van der Waals surface area contributed by atoms with E-state index < -0.39 is 11.7 Å². The van der Waals surface area contributed by atoms with Crippen LogP contribution in [0, 0.1) is 0 Å². The van der Waals surface area contributed by atoms with Gasteiger partial charge in [0.25, 0.3) is 0 Å². The van der Waals surface area contributed by atoms with Crippen molar-refractivity contribution in [3.05, 3.63) is 29.3 Å². The number of rotatable bonds is 3. The Balaban J connectivity index is 2.32. The zero-order chi connectivity index (χ0) is 14.2. The summed E-state index contributed by atoms with van der Waals surface area (Å²) >= 11 is 0. The number of nitrogens with two attached hydrogens (primary N) is 1. The molecule has 2 unspecified atom stereocenters. The first-order valence-electron chi connectivity index (χ1n) is 6.55. The number of anilines is 1. The maximum absolute atomic E-state index is 12.8. The van der Waals surface area contributed by atoms with Crippen LogP contribution in [0.3, 0.4) is 0 Å². The van der Waals surface area contributed by atoms with Crippen LogP contribution in [-0.2, 0) is 12.6 Å². The normalized spacial score (nSPS) is 20.5. The highest BCUT2D eigenvalue weighted by molar-refractivity contribution is 5.61. The number of likely N-dealkylation sites (N-methyl/N-ethyl adjacent to an activating group) is 1. The molecule has 5 heteroatoms. The fourth-order valence-corrected chi connectivity index (χ4v) is 2.81. The second kappa shape index (κ2) is 5.04. The summed E-state index contributed by atoms with van der Waals surface area (Å²) in [5, 5.41) is 0. The second-order valence-corrected chi connectivity index (χ2v) is 5.20. The lowest BCUT2D eigenvalue weighted by molar-refractivity contribution is -0.137. The Morgan fingerprint density at radius 1 is 1.42 bits per heavy atom. The maximum atomic E-state index is 12.8. The monoisotopic (exact) mass is 272 g/mol. The van der Waals surface area contributed by atoms with Gasteiger partial charge in [0.2, 0.25) is 0 Å². The highest BCUT2D eigenvalue weighted by atomic mass is 19.4. The third kappa shape index (κ3) is 2.86. The Bertz CT molecular complexity index is 454. The molecule has 0 aromatic heterocycles. The summed E-state index contributed by atoms with van der Waals surface area (Å²) in [6.07, 6.45) is -2.71. The van der Waals surface area contributed by atoms with E-state index in [2.05, 4.69) is 0 Å². The second-order valence-electron chi connectivity index (χ2n) is 5.20. The molecular formula is C14H19F3N2. The maximum Gasteiger partial charge on any atom is 0.416 e. The molecule has 1 aliphatic rings. The Hall–Kier alpha value is -1.23. The van der Waals surface area contributed by atoms with E-state index in [0.29, 0.717) is 12.2 Å². The number of hydrogen-bond acceptors (Lipinski definition) is 2. The summed E-state index contributed by atoms with van der Waals surface area (Å²) in [4.78, 5) is 2.04. The highest BCUT2D eigenvalue weighted by Crippen LogP contribution is 2.38. The van der Waals surface area contributed by atoms with Gasteiger partial charge in [0, 0.05) is 24.3 Å². The Morgan fingerprint density at radius 2 is 2.11 bits per heavy atom. The van der Waals surface area contributed by atoms with E-state index in [9.17, 15) is 13.2 Å². The standard InChI is InChI=1S/C14H19F3N2/c1-3-19-12(6-9(2)18)7-10-4-5-11(8-13(10)19)14(15,16)17/h4-5,8-9,12H,3,6-7,18H2,1-2H3. The van der Waals surface area contributed by atoms with E-state index in [1.54, 1.807) is 6.07 Å². The van der Waals surface area contributed by atoms with Crippen LogP contribution >= 0.6 is 0 Å². The third-order valence-electron chi connectivity index (χ3n) is 3.60. The van der Waals surface area contributed by atoms with Crippen molar-refractivity contribution in [2.45, 2.75) is 44.9 Å². The molecule has 0 spiro atoms. The van der Waals surface area contributed by atoms with Crippen LogP contribution in [0.2, 0.25) is 0 Å². The van der Waals surface area contributed by atoms with Crippen molar-refractivity contribution in [1.29, 1.82) is 0 Å². The summed E-state index contributed by atoms with van der Waals surface area (Å²) in [6.45, 7) is 4.59. The molecule has 106 valence electrons. The SMILES string of the molecule is CCN1c2cc(C(F)(F)F)ccc2CC1CC(C)N. The van der Waals surface area contributed by atoms with Gasteiger partial charge in [-0.3, -0.25) is 0 Å². The molecule has 1 aromatic rings. The predicted molar refractivity (Wildman–Crippen MR) is 70.2 cm³/mol. The summed E-state index contributed by atoms with van der Waals surface area (Å²) in [7, 11) is 0. The molecule has 2 nitrogen and oxygen atoms in total. The number of nitrogens with zero attached hydrogens (tertiary/aromatic N) is 1. The third-order valence-corrected chi connectivity index (χ3v) is 3.60. The molecular weight excluding hydrogens is 253 g/mol. The number of hydrogen-bond donors (Lipinski definition) is 1. The smallest absolute Gasteiger partial charge is 0.368 e. The molecule has 2 N–H and O–H groups in total. The molecule has 0 saturated carbocycles. The first-order chi connectivity index (χ1) is 8.82. The average molecular weight is 272 g/mol. The molecule has 1 aromatic carbocycles. The van der Waals surface area contributed by atoms with Crippen LogP contribution in [0.15, 0.2) is 18.2 Å². The lowest BCUT2D eigenvalue weighted by atomic mass is 10.0. The zero-order valence-corrected chi connectivity index (χ0v) is 11.2. The molecule has 2 atom stereocenters. The van der Waals surface area contributed by atoms with Crippen molar-refractivity contribution in [1.82, 2.24) is 0 Å². The van der Waals surface area contributed by atoms with Crippen molar-refractivity contribution in [2.24, 2.45) is 5.73 Å². The van der Waals surface area contributed by atoms with Crippen LogP contribution in [0.4, 0.5) is 18.9 Å². The lowest BCUT2D eigenvalue weighted by Gasteiger charge is -2.27. The van der Waals surface area contributed by atoms with Crippen molar-refractivity contribution < 1.29 is 13.2 Å². The zero-order valence-electron chi connectivity index (χ0n) is 11.2. The number of fused-ring (bicyclic) bond motifs is 1. The Labute approximate surface area is 111 Å². The molecule has 0 saturated heterocycles. The predicted octanol–water partition coefficient (Wildman–Crippen LogP) is 3.19. The lowest BCUT2D eigenvalue weighted by Crippen LogP contribution is -2.36. The minimum Gasteiger partial charge on any atom is -0.368 e. The van der Waals surface area contributed by atoms with Crippen LogP contribution in [0.5, 0.6) is 0 Å². The van der Waals surface area contributed by atoms with E-state index in [1.807, 2.05) is 18.7 Å². The van der Waals surface area contributed by atoms with Crippen LogP contribution < -0.4 is 10.6 Å². The molecule has 2 rings (SSSR count). The minimum atomic E-state index is -4.28. The van der Waals surface area contributed by atoms with E-state index in [-0.39, 0.29) is 12.1 Å². The van der Waals surface area contributed by atoms with Gasteiger partial charge in [-0.15, -0.1) is 0 Å². The fourth-order valence-electron chi connectivity index (χ4n) is 2.81. The first kappa shape index (κ1) is 14.2. The molecule has 0 amide bonds. The average Bonchev–Trinajstić information content (AvgIpc) is 2.62. The van der Waals surface area contributed by atoms with Gasteiger partial charge in [0.15, 0.2) is 0 Å². The van der Waals surface area contributed by atoms with Gasteiger partial charge >= 0.3 is 6.18 Å². The topological polar surface area (TPSA) is 29.3 Å². The van der Waals surface area contributed by atoms with Gasteiger partial charge < -0.3 is 10.6 Å². The van der Waals surface area contributed by atoms with E-state index >= 15 is 0 Å². The largest absolute Gasteiger partial charge is 0.416 e. The van der Waals surface area contributed by atoms with Gasteiger partial charge in [-0.25, -0.2) is 0 Å². The van der Waals surface area contributed by atoms with Crippen LogP contribution in [0.1, 0.15) is 31.4 Å². The van der Waals surface area contributed by atoms with E-state index in [4.69, 9.17) is 5.73 Å². The summed E-state index contributed by atoms with van der Waals surface area (Å²) in [6, 6.07) is 4.29. The Morgan fingerprint density at radius 3 is 2.63 bits per heavy atom. The van der Waals surface area contributed by atoms with Gasteiger partial charge in [-0.2, -0.15) is 13.2 Å². The van der Waals surface area contributed by atoms with Gasteiger partial charge in [-0.05, 0) is 44.4 Å². The number of benzene rings is 1. The van der Waals surface area contributed by atoms with Crippen molar-refractivity contribution in [3.8, 4) is 0 Å². The van der Waals surface area contributed by atoms with E-state index in [1.165, 1.54) is 12.1 Å². The Kier molecular flexibility index (Phi) is 3.76. The fraction of sp³-hybridized carbons (Fsp3) is 0.571. The molecule has 0 radical (unpaired) electrons. The van der Waals surface area contributed by atoms with Crippen molar-refractivity contribution in [3.63, 3.8) is 0 Å². The summed E-state index contributed by atoms with van der Waals surface area (Å²) in [5.74, 6) is 0. The molecule has 19 heavy (non-hydrogen) atoms. The van der Waals surface area contributed by atoms with Crippen molar-refractivity contribution in [2.75, 3.05) is 11.4 Å². The molecule has 0 aliphatic carbocycles. The summed E-state index contributed by atoms with van der Waals surface area (Å²) in [5.41, 5.74) is 6.94. The highest BCUT2D eigenvalue weighted by Gasteiger charge is 2.34. The van der Waals surface area contributed by atoms with Crippen LogP contribution in [-0.4, -0.2) is 18.6 Å². The quantitative estimate of drug-likeness (QED) is 0.915.